The molecule has 0 aromatic heterocycles. The lowest BCUT2D eigenvalue weighted by atomic mass is 9.62. The predicted molar refractivity (Wildman–Crippen MR) is 62.6 cm³/mol. The Labute approximate surface area is 105 Å². The SMILES string of the molecule is OCC12CCCCC1COc1c(F)ccc(F)c12. The van der Waals surface area contributed by atoms with Gasteiger partial charge in [0.2, 0.25) is 0 Å². The zero-order valence-electron chi connectivity index (χ0n) is 10.1. The van der Waals surface area contributed by atoms with Gasteiger partial charge in [0, 0.05) is 16.9 Å². The second-order valence-electron chi connectivity index (χ2n) is 5.30. The summed E-state index contributed by atoms with van der Waals surface area (Å²) in [6, 6.07) is 2.22. The zero-order valence-corrected chi connectivity index (χ0v) is 10.1. The van der Waals surface area contributed by atoms with Crippen molar-refractivity contribution in [1.29, 1.82) is 0 Å². The number of aliphatic hydroxyl groups is 1. The highest BCUT2D eigenvalue weighted by molar-refractivity contribution is 5.45. The molecule has 1 aromatic carbocycles. The molecule has 4 heteroatoms. The second kappa shape index (κ2) is 4.19. The third-order valence-electron chi connectivity index (χ3n) is 4.47. The first kappa shape index (κ1) is 11.9. The molecule has 0 bridgehead atoms. The minimum Gasteiger partial charge on any atom is -0.490 e. The van der Waals surface area contributed by atoms with Crippen LogP contribution in [0.4, 0.5) is 8.78 Å². The Morgan fingerprint density at radius 3 is 2.83 bits per heavy atom. The molecule has 1 fully saturated rings. The minimum absolute atomic E-state index is 0.00204. The van der Waals surface area contributed by atoms with E-state index in [1.165, 1.54) is 0 Å². The lowest BCUT2D eigenvalue weighted by Gasteiger charge is -2.47. The molecule has 2 unspecified atom stereocenters. The topological polar surface area (TPSA) is 29.5 Å². The van der Waals surface area contributed by atoms with Crippen molar-refractivity contribution in [3.05, 3.63) is 29.3 Å². The van der Waals surface area contributed by atoms with Gasteiger partial charge >= 0.3 is 0 Å². The van der Waals surface area contributed by atoms with E-state index in [-0.39, 0.29) is 23.8 Å². The van der Waals surface area contributed by atoms with E-state index in [1.807, 2.05) is 0 Å². The summed E-state index contributed by atoms with van der Waals surface area (Å²) in [4.78, 5) is 0. The van der Waals surface area contributed by atoms with Crippen molar-refractivity contribution < 1.29 is 18.6 Å². The van der Waals surface area contributed by atoms with Crippen LogP contribution in [0.25, 0.3) is 0 Å². The van der Waals surface area contributed by atoms with E-state index in [0.717, 1.165) is 31.4 Å². The van der Waals surface area contributed by atoms with Gasteiger partial charge in [0.1, 0.15) is 5.82 Å². The summed E-state index contributed by atoms with van der Waals surface area (Å²) in [7, 11) is 0. The molecule has 2 aliphatic rings. The van der Waals surface area contributed by atoms with Crippen LogP contribution in [0.2, 0.25) is 0 Å². The molecule has 1 aromatic rings. The molecule has 0 radical (unpaired) electrons. The van der Waals surface area contributed by atoms with Gasteiger partial charge in [-0.1, -0.05) is 12.8 Å². The van der Waals surface area contributed by atoms with Crippen molar-refractivity contribution in [1.82, 2.24) is 0 Å². The number of rotatable bonds is 1. The maximum atomic E-state index is 14.1. The Kier molecular flexibility index (Phi) is 2.77. The standard InChI is InChI=1S/C14H16F2O2/c15-10-4-5-11(16)13-12(10)14(8-17)6-2-1-3-9(14)7-18-13/h4-5,9,17H,1-3,6-8H2. The van der Waals surface area contributed by atoms with Crippen molar-refractivity contribution in [2.45, 2.75) is 31.1 Å². The summed E-state index contributed by atoms with van der Waals surface area (Å²) in [6.45, 7) is 0.225. The van der Waals surface area contributed by atoms with Gasteiger partial charge in [-0.25, -0.2) is 8.78 Å². The lowest BCUT2D eigenvalue weighted by molar-refractivity contribution is 0.0342. The number of aliphatic hydroxyl groups excluding tert-OH is 1. The van der Waals surface area contributed by atoms with Crippen LogP contribution in [0, 0.1) is 17.6 Å². The second-order valence-corrected chi connectivity index (χ2v) is 5.30. The number of benzene rings is 1. The van der Waals surface area contributed by atoms with Crippen LogP contribution in [-0.4, -0.2) is 18.3 Å². The fraction of sp³-hybridized carbons (Fsp3) is 0.571. The Bertz CT molecular complexity index is 475. The first-order valence-corrected chi connectivity index (χ1v) is 6.41. The van der Waals surface area contributed by atoms with Crippen LogP contribution >= 0.6 is 0 Å². The predicted octanol–water partition coefficient (Wildman–Crippen LogP) is 2.78. The molecule has 1 N–H and O–H groups in total. The van der Waals surface area contributed by atoms with Crippen LogP contribution in [-0.2, 0) is 5.41 Å². The molecule has 98 valence electrons. The van der Waals surface area contributed by atoms with Crippen LogP contribution < -0.4 is 4.74 Å². The molecule has 0 amide bonds. The van der Waals surface area contributed by atoms with Gasteiger partial charge < -0.3 is 9.84 Å². The molecule has 1 aliphatic heterocycles. The molecule has 2 atom stereocenters. The molecule has 3 rings (SSSR count). The fourth-order valence-corrected chi connectivity index (χ4v) is 3.49. The number of fused-ring (bicyclic) bond motifs is 3. The molecule has 1 aliphatic carbocycles. The third-order valence-corrected chi connectivity index (χ3v) is 4.47. The van der Waals surface area contributed by atoms with E-state index < -0.39 is 17.0 Å². The molecular weight excluding hydrogens is 238 g/mol. The summed E-state index contributed by atoms with van der Waals surface area (Å²) in [5.41, 5.74) is -0.404. The van der Waals surface area contributed by atoms with Gasteiger partial charge in [-0.2, -0.15) is 0 Å². The van der Waals surface area contributed by atoms with E-state index in [0.29, 0.717) is 13.0 Å². The largest absolute Gasteiger partial charge is 0.490 e. The molecule has 0 saturated heterocycles. The first-order chi connectivity index (χ1) is 8.69. The third kappa shape index (κ3) is 1.48. The maximum Gasteiger partial charge on any atom is 0.165 e. The molecule has 1 saturated carbocycles. The first-order valence-electron chi connectivity index (χ1n) is 6.41. The molecule has 2 nitrogen and oxygen atoms in total. The highest BCUT2D eigenvalue weighted by Crippen LogP contribution is 2.51. The Balaban J connectivity index is 2.21. The smallest absolute Gasteiger partial charge is 0.165 e. The van der Waals surface area contributed by atoms with Gasteiger partial charge in [-0.3, -0.25) is 0 Å². The van der Waals surface area contributed by atoms with Gasteiger partial charge in [-0.15, -0.1) is 0 Å². The molecular formula is C14H16F2O2. The average Bonchev–Trinajstić information content (AvgIpc) is 2.42. The average molecular weight is 254 g/mol. The van der Waals surface area contributed by atoms with Gasteiger partial charge in [-0.05, 0) is 25.0 Å². The van der Waals surface area contributed by atoms with Crippen LogP contribution in [0.1, 0.15) is 31.2 Å². The Morgan fingerprint density at radius 1 is 1.28 bits per heavy atom. The quantitative estimate of drug-likeness (QED) is 0.835. The van der Waals surface area contributed by atoms with E-state index in [4.69, 9.17) is 4.74 Å². The van der Waals surface area contributed by atoms with Crippen molar-refractivity contribution in [2.75, 3.05) is 13.2 Å². The number of hydrogen-bond acceptors (Lipinski definition) is 2. The Hall–Kier alpha value is -1.16. The van der Waals surface area contributed by atoms with E-state index in [1.54, 1.807) is 0 Å². The van der Waals surface area contributed by atoms with Crippen molar-refractivity contribution in [3.8, 4) is 5.75 Å². The monoisotopic (exact) mass is 254 g/mol. The highest BCUT2D eigenvalue weighted by atomic mass is 19.1. The Morgan fingerprint density at radius 2 is 2.06 bits per heavy atom. The lowest BCUT2D eigenvalue weighted by Crippen LogP contribution is -2.48. The molecule has 18 heavy (non-hydrogen) atoms. The maximum absolute atomic E-state index is 14.1. The van der Waals surface area contributed by atoms with E-state index in [2.05, 4.69) is 0 Å². The zero-order chi connectivity index (χ0) is 12.8. The van der Waals surface area contributed by atoms with Gasteiger partial charge in [0.15, 0.2) is 11.6 Å². The van der Waals surface area contributed by atoms with Crippen molar-refractivity contribution in [3.63, 3.8) is 0 Å². The van der Waals surface area contributed by atoms with E-state index >= 15 is 0 Å². The van der Waals surface area contributed by atoms with Gasteiger partial charge in [0.25, 0.3) is 0 Å². The normalized spacial score (nSPS) is 30.3. The fourth-order valence-electron chi connectivity index (χ4n) is 3.49. The van der Waals surface area contributed by atoms with Gasteiger partial charge in [0.05, 0.1) is 13.2 Å². The summed E-state index contributed by atoms with van der Waals surface area (Å²) in [6.07, 6.45) is 3.59. The summed E-state index contributed by atoms with van der Waals surface area (Å²) in [5.74, 6) is -0.919. The highest BCUT2D eigenvalue weighted by Gasteiger charge is 2.48. The van der Waals surface area contributed by atoms with Crippen LogP contribution in [0.15, 0.2) is 12.1 Å². The van der Waals surface area contributed by atoms with Crippen molar-refractivity contribution in [2.24, 2.45) is 5.92 Å². The van der Waals surface area contributed by atoms with Crippen LogP contribution in [0.3, 0.4) is 0 Å². The summed E-state index contributed by atoms with van der Waals surface area (Å²) >= 11 is 0. The summed E-state index contributed by atoms with van der Waals surface area (Å²) < 4.78 is 33.2. The van der Waals surface area contributed by atoms with Crippen molar-refractivity contribution >= 4 is 0 Å². The minimum atomic E-state index is -0.655. The number of ether oxygens (including phenoxy) is 1. The molecule has 0 spiro atoms. The number of halogens is 2. The number of hydrogen-bond donors (Lipinski definition) is 1. The van der Waals surface area contributed by atoms with Crippen LogP contribution in [0.5, 0.6) is 5.75 Å². The van der Waals surface area contributed by atoms with E-state index in [9.17, 15) is 13.9 Å². The summed E-state index contributed by atoms with van der Waals surface area (Å²) in [5, 5.41) is 9.79. The molecule has 1 heterocycles.